The van der Waals surface area contributed by atoms with Crippen LogP contribution in [0.2, 0.25) is 0 Å². The van der Waals surface area contributed by atoms with Crippen LogP contribution < -0.4 is 10.1 Å². The molecule has 1 aliphatic heterocycles. The summed E-state index contributed by atoms with van der Waals surface area (Å²) in [5.41, 5.74) is 1.76. The van der Waals surface area contributed by atoms with Crippen LogP contribution in [-0.2, 0) is 6.54 Å². The maximum Gasteiger partial charge on any atom is 0.193 e. The SMILES string of the molecule is CN=C(NCc1cccc(C#N)c1)N1CCC(Oc2ccccc2)CC1. The molecule has 0 radical (unpaired) electrons. The molecule has 0 aromatic heterocycles. The third-order valence-corrected chi connectivity index (χ3v) is 4.51. The minimum atomic E-state index is 0.249. The number of para-hydroxylation sites is 1. The summed E-state index contributed by atoms with van der Waals surface area (Å²) in [7, 11) is 1.81. The number of rotatable bonds is 4. The maximum absolute atomic E-state index is 9.01. The Morgan fingerprint density at radius 1 is 1.19 bits per heavy atom. The number of likely N-dealkylation sites (tertiary alicyclic amines) is 1. The molecule has 1 saturated heterocycles. The minimum absolute atomic E-state index is 0.249. The number of nitrogens with zero attached hydrogens (tertiary/aromatic N) is 3. The zero-order valence-electron chi connectivity index (χ0n) is 15.1. The smallest absolute Gasteiger partial charge is 0.193 e. The monoisotopic (exact) mass is 348 g/mol. The highest BCUT2D eigenvalue weighted by Gasteiger charge is 2.22. The summed E-state index contributed by atoms with van der Waals surface area (Å²) in [4.78, 5) is 6.67. The first-order valence-electron chi connectivity index (χ1n) is 8.95. The summed E-state index contributed by atoms with van der Waals surface area (Å²) in [6.45, 7) is 2.48. The van der Waals surface area contributed by atoms with E-state index in [1.807, 2.05) is 54.6 Å². The van der Waals surface area contributed by atoms with Crippen molar-refractivity contribution in [1.29, 1.82) is 5.26 Å². The largest absolute Gasteiger partial charge is 0.490 e. The number of hydrogen-bond acceptors (Lipinski definition) is 3. The Morgan fingerprint density at radius 3 is 2.65 bits per heavy atom. The summed E-state index contributed by atoms with van der Waals surface area (Å²) < 4.78 is 6.05. The molecule has 0 aliphatic carbocycles. The summed E-state index contributed by atoms with van der Waals surface area (Å²) in [6, 6.07) is 19.8. The van der Waals surface area contributed by atoms with E-state index in [0.717, 1.165) is 43.2 Å². The number of piperidine rings is 1. The van der Waals surface area contributed by atoms with Crippen molar-refractivity contribution >= 4 is 5.96 Å². The molecule has 3 rings (SSSR count). The van der Waals surface area contributed by atoms with Crippen molar-refractivity contribution in [3.05, 3.63) is 65.7 Å². The molecule has 1 aliphatic rings. The van der Waals surface area contributed by atoms with Crippen molar-refractivity contribution in [3.8, 4) is 11.8 Å². The number of guanidine groups is 1. The molecular weight excluding hydrogens is 324 g/mol. The van der Waals surface area contributed by atoms with Crippen molar-refractivity contribution in [3.63, 3.8) is 0 Å². The van der Waals surface area contributed by atoms with Crippen molar-refractivity contribution in [2.75, 3.05) is 20.1 Å². The van der Waals surface area contributed by atoms with Crippen LogP contribution in [0.4, 0.5) is 0 Å². The van der Waals surface area contributed by atoms with Crippen LogP contribution in [0.25, 0.3) is 0 Å². The zero-order valence-corrected chi connectivity index (χ0v) is 15.1. The van der Waals surface area contributed by atoms with Gasteiger partial charge in [0.05, 0.1) is 11.6 Å². The number of ether oxygens (including phenoxy) is 1. The first-order chi connectivity index (χ1) is 12.8. The maximum atomic E-state index is 9.01. The normalized spacial score (nSPS) is 15.4. The Labute approximate surface area is 154 Å². The Kier molecular flexibility index (Phi) is 6.10. The Bertz CT molecular complexity index is 774. The number of aliphatic imine (C=N–C) groups is 1. The molecule has 1 N–H and O–H groups in total. The molecule has 1 heterocycles. The molecule has 0 spiro atoms. The van der Waals surface area contributed by atoms with Gasteiger partial charge in [-0.2, -0.15) is 5.26 Å². The molecule has 0 amide bonds. The van der Waals surface area contributed by atoms with E-state index in [2.05, 4.69) is 21.3 Å². The molecule has 0 saturated carbocycles. The lowest BCUT2D eigenvalue weighted by Gasteiger charge is -2.34. The van der Waals surface area contributed by atoms with E-state index in [1.165, 1.54) is 0 Å². The summed E-state index contributed by atoms with van der Waals surface area (Å²) >= 11 is 0. The van der Waals surface area contributed by atoms with E-state index >= 15 is 0 Å². The van der Waals surface area contributed by atoms with Crippen LogP contribution in [0.3, 0.4) is 0 Å². The highest BCUT2D eigenvalue weighted by Crippen LogP contribution is 2.18. The Balaban J connectivity index is 1.50. The third kappa shape index (κ3) is 4.76. The van der Waals surface area contributed by atoms with Gasteiger partial charge in [0.25, 0.3) is 0 Å². The molecule has 5 nitrogen and oxygen atoms in total. The van der Waals surface area contributed by atoms with Crippen molar-refractivity contribution in [1.82, 2.24) is 10.2 Å². The molecule has 0 unspecified atom stereocenters. The van der Waals surface area contributed by atoms with Crippen LogP contribution in [0, 0.1) is 11.3 Å². The van der Waals surface area contributed by atoms with Crippen LogP contribution in [0.15, 0.2) is 59.6 Å². The van der Waals surface area contributed by atoms with Gasteiger partial charge in [-0.25, -0.2) is 0 Å². The zero-order chi connectivity index (χ0) is 18.2. The molecule has 5 heteroatoms. The second-order valence-electron chi connectivity index (χ2n) is 6.33. The molecule has 2 aromatic rings. The van der Waals surface area contributed by atoms with Gasteiger partial charge in [-0.3, -0.25) is 4.99 Å². The first kappa shape index (κ1) is 17.8. The fraction of sp³-hybridized carbons (Fsp3) is 0.333. The second kappa shape index (κ2) is 8.91. The lowest BCUT2D eigenvalue weighted by molar-refractivity contribution is 0.129. The van der Waals surface area contributed by atoms with Crippen molar-refractivity contribution in [2.45, 2.75) is 25.5 Å². The van der Waals surface area contributed by atoms with Gasteiger partial charge in [0.1, 0.15) is 11.9 Å². The Morgan fingerprint density at radius 2 is 1.96 bits per heavy atom. The van der Waals surface area contributed by atoms with E-state index in [4.69, 9.17) is 10.00 Å². The van der Waals surface area contributed by atoms with Crippen LogP contribution in [0.5, 0.6) is 5.75 Å². The minimum Gasteiger partial charge on any atom is -0.490 e. The van der Waals surface area contributed by atoms with Gasteiger partial charge in [0.15, 0.2) is 5.96 Å². The molecule has 1 fully saturated rings. The van der Waals surface area contributed by atoms with E-state index in [-0.39, 0.29) is 6.10 Å². The van der Waals surface area contributed by atoms with Gasteiger partial charge in [-0.05, 0) is 29.8 Å². The van der Waals surface area contributed by atoms with Gasteiger partial charge in [-0.15, -0.1) is 0 Å². The molecule has 26 heavy (non-hydrogen) atoms. The standard InChI is InChI=1S/C21H24N4O/c1-23-21(24-16-18-7-5-6-17(14-18)15-22)25-12-10-20(11-13-25)26-19-8-3-2-4-9-19/h2-9,14,20H,10-13,16H2,1H3,(H,23,24). The predicted molar refractivity (Wildman–Crippen MR) is 103 cm³/mol. The van der Waals surface area contributed by atoms with Crippen LogP contribution in [0.1, 0.15) is 24.0 Å². The van der Waals surface area contributed by atoms with Gasteiger partial charge in [-0.1, -0.05) is 30.3 Å². The van der Waals surface area contributed by atoms with Crippen molar-refractivity contribution < 1.29 is 4.74 Å². The van der Waals surface area contributed by atoms with Gasteiger partial charge in [0.2, 0.25) is 0 Å². The van der Waals surface area contributed by atoms with Gasteiger partial charge >= 0.3 is 0 Å². The average molecular weight is 348 g/mol. The number of nitriles is 1. The third-order valence-electron chi connectivity index (χ3n) is 4.51. The average Bonchev–Trinajstić information content (AvgIpc) is 2.70. The summed E-state index contributed by atoms with van der Waals surface area (Å²) in [5, 5.41) is 12.4. The van der Waals surface area contributed by atoms with Crippen LogP contribution >= 0.6 is 0 Å². The molecule has 0 bridgehead atoms. The van der Waals surface area contributed by atoms with Gasteiger partial charge in [0, 0.05) is 39.5 Å². The first-order valence-corrected chi connectivity index (χ1v) is 8.95. The predicted octanol–water partition coefficient (Wildman–Crippen LogP) is 3.18. The van der Waals surface area contributed by atoms with E-state index in [1.54, 1.807) is 7.05 Å². The van der Waals surface area contributed by atoms with E-state index in [9.17, 15) is 0 Å². The van der Waals surface area contributed by atoms with E-state index < -0.39 is 0 Å². The number of nitrogens with one attached hydrogen (secondary N) is 1. The molecular formula is C21H24N4O. The summed E-state index contributed by atoms with van der Waals surface area (Å²) in [5.74, 6) is 1.83. The molecule has 0 atom stereocenters. The fourth-order valence-corrected chi connectivity index (χ4v) is 3.14. The highest BCUT2D eigenvalue weighted by atomic mass is 16.5. The van der Waals surface area contributed by atoms with Crippen molar-refractivity contribution in [2.24, 2.45) is 4.99 Å². The lowest BCUT2D eigenvalue weighted by Crippen LogP contribution is -2.47. The summed E-state index contributed by atoms with van der Waals surface area (Å²) in [6.07, 6.45) is 2.19. The highest BCUT2D eigenvalue weighted by molar-refractivity contribution is 5.80. The number of benzene rings is 2. The molecule has 134 valence electrons. The fourth-order valence-electron chi connectivity index (χ4n) is 3.14. The topological polar surface area (TPSA) is 60.7 Å². The Hall–Kier alpha value is -3.00. The lowest BCUT2D eigenvalue weighted by atomic mass is 10.1. The second-order valence-corrected chi connectivity index (χ2v) is 6.33. The van der Waals surface area contributed by atoms with E-state index in [0.29, 0.717) is 12.1 Å². The van der Waals surface area contributed by atoms with Crippen LogP contribution in [-0.4, -0.2) is 37.1 Å². The number of hydrogen-bond donors (Lipinski definition) is 1. The quantitative estimate of drug-likeness (QED) is 0.681. The molecule has 2 aromatic carbocycles. The van der Waals surface area contributed by atoms with Gasteiger partial charge < -0.3 is 15.0 Å².